The van der Waals surface area contributed by atoms with Crippen molar-refractivity contribution in [2.75, 3.05) is 5.75 Å². The fourth-order valence-electron chi connectivity index (χ4n) is 3.63. The zero-order valence-electron chi connectivity index (χ0n) is 21.3. The highest BCUT2D eigenvalue weighted by molar-refractivity contribution is 7.80. The maximum Gasteiger partial charge on any atom is 0.408 e. The van der Waals surface area contributed by atoms with Gasteiger partial charge in [0.1, 0.15) is 17.7 Å². The molecule has 8 heteroatoms. The Morgan fingerprint density at radius 1 is 1.09 bits per heavy atom. The van der Waals surface area contributed by atoms with E-state index in [9.17, 15) is 14.4 Å². The van der Waals surface area contributed by atoms with Gasteiger partial charge in [0.05, 0.1) is 0 Å². The Bertz CT molecular complexity index is 807. The molecule has 0 heterocycles. The fourth-order valence-corrected chi connectivity index (χ4v) is 3.88. The molecule has 2 N–H and O–H groups in total. The molecule has 0 spiro atoms. The van der Waals surface area contributed by atoms with E-state index in [-0.39, 0.29) is 23.7 Å². The van der Waals surface area contributed by atoms with Crippen LogP contribution in [0.15, 0.2) is 24.3 Å². The predicted octanol–water partition coefficient (Wildman–Crippen LogP) is 4.40. The third kappa shape index (κ3) is 8.91. The highest BCUT2D eigenvalue weighted by atomic mass is 32.1. The minimum atomic E-state index is -0.946. The molecule has 0 radical (unpaired) electrons. The summed E-state index contributed by atoms with van der Waals surface area (Å²) < 4.78 is 5.32. The molecule has 1 aromatic carbocycles. The highest BCUT2D eigenvalue weighted by Crippen LogP contribution is 2.28. The number of carbonyl (C=O) groups excluding carboxylic acids is 3. The second-order valence-corrected chi connectivity index (χ2v) is 10.0. The van der Waals surface area contributed by atoms with Crippen LogP contribution in [0.3, 0.4) is 0 Å². The van der Waals surface area contributed by atoms with E-state index in [1.165, 1.54) is 4.90 Å². The van der Waals surface area contributed by atoms with Crippen LogP contribution in [0.5, 0.6) is 0 Å². The maximum absolute atomic E-state index is 13.7. The average Bonchev–Trinajstić information content (AvgIpc) is 2.68. The van der Waals surface area contributed by atoms with Crippen molar-refractivity contribution in [3.05, 3.63) is 35.4 Å². The number of thiol groups is 1. The molecule has 33 heavy (non-hydrogen) atoms. The van der Waals surface area contributed by atoms with Crippen LogP contribution in [-0.2, 0) is 14.3 Å². The van der Waals surface area contributed by atoms with Gasteiger partial charge < -0.3 is 20.3 Å². The van der Waals surface area contributed by atoms with Crippen molar-refractivity contribution in [3.63, 3.8) is 0 Å². The lowest BCUT2D eigenvalue weighted by Gasteiger charge is -2.38. The van der Waals surface area contributed by atoms with E-state index in [0.717, 1.165) is 24.0 Å². The normalized spacial score (nSPS) is 14.2. The summed E-state index contributed by atoms with van der Waals surface area (Å²) in [7, 11) is 0. The summed E-state index contributed by atoms with van der Waals surface area (Å²) in [5, 5.41) is 5.68. The van der Waals surface area contributed by atoms with Gasteiger partial charge in [0, 0.05) is 17.8 Å². The zero-order valence-corrected chi connectivity index (χ0v) is 22.2. The van der Waals surface area contributed by atoms with Crippen LogP contribution in [-0.4, -0.2) is 52.3 Å². The number of alkyl carbamates (subject to hydrolysis) is 1. The van der Waals surface area contributed by atoms with Crippen LogP contribution in [0.25, 0.3) is 0 Å². The molecule has 0 aliphatic carbocycles. The van der Waals surface area contributed by atoms with E-state index in [2.05, 4.69) is 30.2 Å². The third-order valence-corrected chi connectivity index (χ3v) is 5.47. The number of benzene rings is 1. The molecule has 1 rings (SSSR count). The number of nitrogens with zero attached hydrogens (tertiary/aromatic N) is 1. The quantitative estimate of drug-likeness (QED) is 0.434. The van der Waals surface area contributed by atoms with Gasteiger partial charge in [0.15, 0.2) is 0 Å². The van der Waals surface area contributed by atoms with Crippen LogP contribution < -0.4 is 10.6 Å². The zero-order chi connectivity index (χ0) is 25.3. The van der Waals surface area contributed by atoms with Gasteiger partial charge in [-0.25, -0.2) is 4.79 Å². The van der Waals surface area contributed by atoms with Crippen molar-refractivity contribution in [1.29, 1.82) is 0 Å². The minimum Gasteiger partial charge on any atom is -0.444 e. The number of amides is 3. The minimum absolute atomic E-state index is 0.0290. The summed E-state index contributed by atoms with van der Waals surface area (Å²) in [6.07, 6.45) is 1.07. The Balaban J connectivity index is 3.37. The number of carbonyl (C=O) groups is 3. The first-order chi connectivity index (χ1) is 15.3. The van der Waals surface area contributed by atoms with Crippen molar-refractivity contribution < 1.29 is 19.1 Å². The van der Waals surface area contributed by atoms with E-state index >= 15 is 0 Å². The number of hydrogen-bond donors (Lipinski definition) is 3. The van der Waals surface area contributed by atoms with E-state index in [1.54, 1.807) is 20.8 Å². The Hall–Kier alpha value is -2.22. The fraction of sp³-hybridized carbons (Fsp3) is 0.640. The topological polar surface area (TPSA) is 87.7 Å². The molecule has 0 bridgehead atoms. The molecule has 1 aromatic rings. The van der Waals surface area contributed by atoms with Gasteiger partial charge in [-0.1, -0.05) is 37.6 Å². The predicted molar refractivity (Wildman–Crippen MR) is 135 cm³/mol. The third-order valence-electron chi connectivity index (χ3n) is 5.10. The molecule has 7 nitrogen and oxygen atoms in total. The SMILES string of the molecule is CCCC(C)NC(=O)C(c1ccccc1C)N(C(=O)C(CS)NC(=O)OC(C)(C)C)C(C)C. The first-order valence-corrected chi connectivity index (χ1v) is 12.2. The maximum atomic E-state index is 13.7. The average molecular weight is 480 g/mol. The van der Waals surface area contributed by atoms with Crippen LogP contribution >= 0.6 is 12.6 Å². The van der Waals surface area contributed by atoms with Crippen molar-refractivity contribution in [1.82, 2.24) is 15.5 Å². The van der Waals surface area contributed by atoms with Crippen LogP contribution in [0, 0.1) is 6.92 Å². The van der Waals surface area contributed by atoms with Gasteiger partial charge in [-0.15, -0.1) is 0 Å². The van der Waals surface area contributed by atoms with Gasteiger partial charge in [0.2, 0.25) is 11.8 Å². The lowest BCUT2D eigenvalue weighted by molar-refractivity contribution is -0.144. The summed E-state index contributed by atoms with van der Waals surface area (Å²) in [5.74, 6) is -0.574. The van der Waals surface area contributed by atoms with E-state index < -0.39 is 29.7 Å². The molecule has 186 valence electrons. The van der Waals surface area contributed by atoms with Gasteiger partial charge in [-0.3, -0.25) is 9.59 Å². The van der Waals surface area contributed by atoms with E-state index in [0.29, 0.717) is 0 Å². The lowest BCUT2D eigenvalue weighted by Crippen LogP contribution is -2.56. The molecule has 0 fully saturated rings. The highest BCUT2D eigenvalue weighted by Gasteiger charge is 2.38. The number of hydrogen-bond acceptors (Lipinski definition) is 5. The van der Waals surface area contributed by atoms with Crippen molar-refractivity contribution >= 4 is 30.5 Å². The molecule has 0 saturated heterocycles. The molecule has 3 amide bonds. The van der Waals surface area contributed by atoms with Gasteiger partial charge in [0.25, 0.3) is 0 Å². The van der Waals surface area contributed by atoms with Gasteiger partial charge >= 0.3 is 6.09 Å². The summed E-state index contributed by atoms with van der Waals surface area (Å²) in [6, 6.07) is 5.41. The molecule has 0 aromatic heterocycles. The Labute approximate surface area is 204 Å². The second-order valence-electron chi connectivity index (χ2n) is 9.68. The van der Waals surface area contributed by atoms with Crippen molar-refractivity contribution in [2.24, 2.45) is 0 Å². The number of rotatable bonds is 10. The largest absolute Gasteiger partial charge is 0.444 e. The first kappa shape index (κ1) is 28.8. The van der Waals surface area contributed by atoms with Gasteiger partial charge in [-0.2, -0.15) is 12.6 Å². The van der Waals surface area contributed by atoms with E-state index in [4.69, 9.17) is 4.74 Å². The molecule has 3 atom stereocenters. The smallest absolute Gasteiger partial charge is 0.408 e. The second kappa shape index (κ2) is 12.9. The van der Waals surface area contributed by atoms with Crippen LogP contribution in [0.1, 0.15) is 78.5 Å². The summed E-state index contributed by atoms with van der Waals surface area (Å²) >= 11 is 4.30. The Morgan fingerprint density at radius 2 is 1.70 bits per heavy atom. The van der Waals surface area contributed by atoms with E-state index in [1.807, 2.05) is 52.0 Å². The standard InChI is InChI=1S/C25H41N3O4S/c1-9-12-18(5)26-22(29)21(19-14-11-10-13-17(19)4)28(16(2)3)23(30)20(15-33)27-24(31)32-25(6,7)8/h10-11,13-14,16,18,20-21,33H,9,12,15H2,1-8H3,(H,26,29)(H,27,31). The summed E-state index contributed by atoms with van der Waals surface area (Å²) in [4.78, 5) is 41.1. The van der Waals surface area contributed by atoms with Crippen LogP contribution in [0.4, 0.5) is 4.79 Å². The number of aryl methyl sites for hydroxylation is 1. The van der Waals surface area contributed by atoms with Crippen molar-refractivity contribution in [3.8, 4) is 0 Å². The lowest BCUT2D eigenvalue weighted by atomic mass is 9.96. The number of nitrogens with one attached hydrogen (secondary N) is 2. The van der Waals surface area contributed by atoms with Crippen molar-refractivity contribution in [2.45, 2.75) is 98.0 Å². The first-order valence-electron chi connectivity index (χ1n) is 11.6. The molecule has 3 unspecified atom stereocenters. The monoisotopic (exact) mass is 479 g/mol. The Morgan fingerprint density at radius 3 is 2.18 bits per heavy atom. The van der Waals surface area contributed by atoms with Gasteiger partial charge in [-0.05, 0) is 66.0 Å². The Kier molecular flexibility index (Phi) is 11.2. The molecule has 0 aliphatic rings. The molecular formula is C25H41N3O4S. The summed E-state index contributed by atoms with van der Waals surface area (Å²) in [5.41, 5.74) is 0.947. The summed E-state index contributed by atoms with van der Waals surface area (Å²) in [6.45, 7) is 14.9. The molecular weight excluding hydrogens is 438 g/mol. The number of ether oxygens (including phenoxy) is 1. The van der Waals surface area contributed by atoms with Crippen LogP contribution in [0.2, 0.25) is 0 Å². The molecule has 0 saturated carbocycles. The molecule has 0 aliphatic heterocycles.